The number of aromatic nitrogens is 1. The summed E-state index contributed by atoms with van der Waals surface area (Å²) in [6, 6.07) is 4.17. The molecule has 0 aliphatic heterocycles. The van der Waals surface area contributed by atoms with Crippen LogP contribution in [0, 0.1) is 0 Å². The van der Waals surface area contributed by atoms with Gasteiger partial charge in [0.1, 0.15) is 5.82 Å². The Morgan fingerprint density at radius 3 is 2.61 bits per heavy atom. The first-order valence-corrected chi connectivity index (χ1v) is 6.52. The van der Waals surface area contributed by atoms with Crippen LogP contribution in [0.2, 0.25) is 0 Å². The van der Waals surface area contributed by atoms with Crippen LogP contribution in [-0.2, 0) is 0 Å². The molecule has 102 valence electrons. The Bertz CT molecular complexity index is 374. The van der Waals surface area contributed by atoms with Gasteiger partial charge in [-0.05, 0) is 47.0 Å². The van der Waals surface area contributed by atoms with E-state index in [4.69, 9.17) is 5.73 Å². The number of anilines is 1. The molecular weight excluding hydrogens is 224 g/mol. The predicted molar refractivity (Wildman–Crippen MR) is 77.5 cm³/mol. The first kappa shape index (κ1) is 14.9. The van der Waals surface area contributed by atoms with Crippen molar-refractivity contribution in [1.29, 1.82) is 0 Å². The van der Waals surface area contributed by atoms with Gasteiger partial charge in [0.05, 0.1) is 6.04 Å². The first-order chi connectivity index (χ1) is 8.41. The highest BCUT2D eigenvalue weighted by atomic mass is 15.2. The minimum absolute atomic E-state index is 0.0354. The van der Waals surface area contributed by atoms with Crippen LogP contribution >= 0.6 is 0 Å². The molecule has 4 heteroatoms. The van der Waals surface area contributed by atoms with Gasteiger partial charge in [-0.3, -0.25) is 0 Å². The SMILES string of the molecule is CCCNC(c1cccnc1N)C(C)(C)N(C)C. The number of hydrogen-bond donors (Lipinski definition) is 2. The summed E-state index contributed by atoms with van der Waals surface area (Å²) in [7, 11) is 4.18. The molecule has 3 N–H and O–H groups in total. The lowest BCUT2D eigenvalue weighted by Crippen LogP contribution is -2.49. The van der Waals surface area contributed by atoms with Crippen LogP contribution in [0.25, 0.3) is 0 Å². The number of pyridine rings is 1. The number of nitrogens with one attached hydrogen (secondary N) is 1. The monoisotopic (exact) mass is 250 g/mol. The fraction of sp³-hybridized carbons (Fsp3) is 0.643. The summed E-state index contributed by atoms with van der Waals surface area (Å²) in [5.74, 6) is 0.612. The molecule has 0 aliphatic rings. The van der Waals surface area contributed by atoms with Gasteiger partial charge in [-0.1, -0.05) is 13.0 Å². The molecule has 4 nitrogen and oxygen atoms in total. The summed E-state index contributed by atoms with van der Waals surface area (Å²) in [5.41, 5.74) is 7.06. The molecule has 1 aromatic rings. The van der Waals surface area contributed by atoms with E-state index in [1.807, 2.05) is 6.07 Å². The van der Waals surface area contributed by atoms with Gasteiger partial charge in [0.15, 0.2) is 0 Å². The normalized spacial score (nSPS) is 13.9. The molecule has 1 heterocycles. The summed E-state index contributed by atoms with van der Waals surface area (Å²) in [4.78, 5) is 6.42. The summed E-state index contributed by atoms with van der Waals surface area (Å²) in [6.45, 7) is 7.56. The summed E-state index contributed by atoms with van der Waals surface area (Å²) in [6.07, 6.45) is 2.83. The lowest BCUT2D eigenvalue weighted by molar-refractivity contribution is 0.138. The predicted octanol–water partition coefficient (Wildman–Crippen LogP) is 2.04. The molecule has 1 atom stereocenters. The maximum atomic E-state index is 6.02. The highest BCUT2D eigenvalue weighted by molar-refractivity contribution is 5.42. The van der Waals surface area contributed by atoms with E-state index in [0.717, 1.165) is 18.5 Å². The van der Waals surface area contributed by atoms with Crippen LogP contribution in [0.3, 0.4) is 0 Å². The van der Waals surface area contributed by atoms with Crippen molar-refractivity contribution in [3.8, 4) is 0 Å². The topological polar surface area (TPSA) is 54.2 Å². The average molecular weight is 250 g/mol. The van der Waals surface area contributed by atoms with Crippen molar-refractivity contribution < 1.29 is 0 Å². The number of likely N-dealkylation sites (N-methyl/N-ethyl adjacent to an activating group) is 1. The maximum Gasteiger partial charge on any atom is 0.128 e. The molecule has 18 heavy (non-hydrogen) atoms. The zero-order valence-corrected chi connectivity index (χ0v) is 12.2. The Labute approximate surface area is 111 Å². The minimum atomic E-state index is -0.0354. The number of nitrogens with two attached hydrogens (primary N) is 1. The van der Waals surface area contributed by atoms with E-state index in [-0.39, 0.29) is 11.6 Å². The second kappa shape index (κ2) is 6.16. The maximum absolute atomic E-state index is 6.02. The number of rotatable bonds is 6. The molecule has 0 radical (unpaired) electrons. The highest BCUT2D eigenvalue weighted by Crippen LogP contribution is 2.31. The van der Waals surface area contributed by atoms with Crippen molar-refractivity contribution in [2.45, 2.75) is 38.8 Å². The molecule has 1 rings (SSSR count). The van der Waals surface area contributed by atoms with Gasteiger partial charge < -0.3 is 16.0 Å². The number of hydrogen-bond acceptors (Lipinski definition) is 4. The molecule has 0 bridgehead atoms. The molecule has 0 saturated heterocycles. The molecule has 1 aromatic heterocycles. The van der Waals surface area contributed by atoms with Crippen LogP contribution in [0.4, 0.5) is 5.82 Å². The molecule has 0 amide bonds. The van der Waals surface area contributed by atoms with Gasteiger partial charge in [0.25, 0.3) is 0 Å². The lowest BCUT2D eigenvalue weighted by atomic mass is 9.87. The first-order valence-electron chi connectivity index (χ1n) is 6.52. The Morgan fingerprint density at radius 1 is 1.44 bits per heavy atom. The van der Waals surface area contributed by atoms with Crippen LogP contribution in [0.5, 0.6) is 0 Å². The highest BCUT2D eigenvalue weighted by Gasteiger charge is 2.33. The van der Waals surface area contributed by atoms with E-state index in [9.17, 15) is 0 Å². The molecular formula is C14H26N4. The summed E-state index contributed by atoms with van der Waals surface area (Å²) >= 11 is 0. The largest absolute Gasteiger partial charge is 0.383 e. The summed E-state index contributed by atoms with van der Waals surface area (Å²) in [5, 5.41) is 3.59. The van der Waals surface area contributed by atoms with Crippen LogP contribution in [0.15, 0.2) is 18.3 Å². The second-order valence-corrected chi connectivity index (χ2v) is 5.41. The smallest absolute Gasteiger partial charge is 0.128 e. The molecule has 0 aromatic carbocycles. The fourth-order valence-electron chi connectivity index (χ4n) is 1.96. The minimum Gasteiger partial charge on any atom is -0.383 e. The third-order valence-electron chi connectivity index (χ3n) is 3.64. The van der Waals surface area contributed by atoms with Crippen LogP contribution in [0.1, 0.15) is 38.8 Å². The van der Waals surface area contributed by atoms with Gasteiger partial charge in [-0.25, -0.2) is 4.98 Å². The van der Waals surface area contributed by atoms with E-state index in [0.29, 0.717) is 5.82 Å². The lowest BCUT2D eigenvalue weighted by Gasteiger charge is -2.41. The average Bonchev–Trinajstić information content (AvgIpc) is 2.31. The van der Waals surface area contributed by atoms with Gasteiger partial charge in [-0.15, -0.1) is 0 Å². The third-order valence-corrected chi connectivity index (χ3v) is 3.64. The zero-order chi connectivity index (χ0) is 13.8. The standard InChI is InChI=1S/C14H26N4/c1-6-9-16-12(14(2,3)18(4)5)11-8-7-10-17-13(11)15/h7-8,10,12,16H,6,9H2,1-5H3,(H2,15,17). The zero-order valence-electron chi connectivity index (χ0n) is 12.2. The molecule has 0 aliphatic carbocycles. The van der Waals surface area contributed by atoms with E-state index >= 15 is 0 Å². The van der Waals surface area contributed by atoms with Gasteiger partial charge in [0, 0.05) is 17.3 Å². The Morgan fingerprint density at radius 2 is 2.11 bits per heavy atom. The van der Waals surface area contributed by atoms with Crippen molar-refractivity contribution in [3.05, 3.63) is 23.9 Å². The van der Waals surface area contributed by atoms with E-state index < -0.39 is 0 Å². The van der Waals surface area contributed by atoms with Crippen LogP contribution < -0.4 is 11.1 Å². The molecule has 0 spiro atoms. The van der Waals surface area contributed by atoms with Crippen LogP contribution in [-0.4, -0.2) is 36.1 Å². The Hall–Kier alpha value is -1.13. The Kier molecular flexibility index (Phi) is 5.11. The number of nitrogen functional groups attached to an aromatic ring is 1. The molecule has 0 saturated carbocycles. The van der Waals surface area contributed by atoms with Gasteiger partial charge in [0.2, 0.25) is 0 Å². The van der Waals surface area contributed by atoms with Gasteiger partial charge in [-0.2, -0.15) is 0 Å². The summed E-state index contributed by atoms with van der Waals surface area (Å²) < 4.78 is 0. The third kappa shape index (κ3) is 3.21. The second-order valence-electron chi connectivity index (χ2n) is 5.41. The Balaban J connectivity index is 3.09. The van der Waals surface area contributed by atoms with Crippen molar-refractivity contribution in [3.63, 3.8) is 0 Å². The molecule has 1 unspecified atom stereocenters. The van der Waals surface area contributed by atoms with E-state index in [1.165, 1.54) is 0 Å². The van der Waals surface area contributed by atoms with Gasteiger partial charge >= 0.3 is 0 Å². The van der Waals surface area contributed by atoms with Crippen molar-refractivity contribution in [1.82, 2.24) is 15.2 Å². The molecule has 0 fully saturated rings. The number of nitrogens with zero attached hydrogens (tertiary/aromatic N) is 2. The van der Waals surface area contributed by atoms with E-state index in [2.05, 4.69) is 56.1 Å². The van der Waals surface area contributed by atoms with Crippen molar-refractivity contribution >= 4 is 5.82 Å². The van der Waals surface area contributed by atoms with Crippen molar-refractivity contribution in [2.24, 2.45) is 0 Å². The quantitative estimate of drug-likeness (QED) is 0.811. The van der Waals surface area contributed by atoms with E-state index in [1.54, 1.807) is 6.20 Å². The van der Waals surface area contributed by atoms with Crippen molar-refractivity contribution in [2.75, 3.05) is 26.4 Å². The fourth-order valence-corrected chi connectivity index (χ4v) is 1.96.